The highest BCUT2D eigenvalue weighted by Gasteiger charge is 2.17. The Hall–Kier alpha value is -1.99. The topological polar surface area (TPSA) is 99.9 Å². The summed E-state index contributed by atoms with van der Waals surface area (Å²) in [6, 6.07) is 2.74. The van der Waals surface area contributed by atoms with E-state index in [1.54, 1.807) is 13.1 Å². The molecule has 0 aliphatic heterocycles. The van der Waals surface area contributed by atoms with Crippen LogP contribution < -0.4 is 5.73 Å². The summed E-state index contributed by atoms with van der Waals surface area (Å²) in [7, 11) is 0. The number of nitro benzene ring substituents is 1. The van der Waals surface area contributed by atoms with Crippen LogP contribution in [0.3, 0.4) is 0 Å². The van der Waals surface area contributed by atoms with Crippen molar-refractivity contribution in [1.82, 2.24) is 15.0 Å². The van der Waals surface area contributed by atoms with Crippen LogP contribution in [0.15, 0.2) is 18.3 Å². The highest BCUT2D eigenvalue weighted by Crippen LogP contribution is 2.29. The van der Waals surface area contributed by atoms with E-state index in [4.69, 9.17) is 17.3 Å². The fraction of sp³-hybridized carbons (Fsp3) is 0.333. The maximum atomic E-state index is 10.8. The molecular weight excluding hydrogens is 282 g/mol. The Morgan fingerprint density at radius 3 is 2.85 bits per heavy atom. The number of nitrogens with zero attached hydrogens (tertiary/aromatic N) is 4. The average Bonchev–Trinajstić information content (AvgIpc) is 2.89. The molecule has 2 aromatic rings. The normalized spacial score (nSPS) is 12.4. The lowest BCUT2D eigenvalue weighted by atomic mass is 10.1. The SMILES string of the molecule is CCC(N)c1cn(-c2cc(Cl)c([N+](=O)[O-])cc2C)nn1. The minimum Gasteiger partial charge on any atom is -0.323 e. The van der Waals surface area contributed by atoms with Crippen LogP contribution in [0, 0.1) is 17.0 Å². The van der Waals surface area contributed by atoms with Gasteiger partial charge in [-0.25, -0.2) is 4.68 Å². The second kappa shape index (κ2) is 5.56. The molecule has 0 aliphatic rings. The molecule has 0 radical (unpaired) electrons. The quantitative estimate of drug-likeness (QED) is 0.690. The Kier molecular flexibility index (Phi) is 4.01. The molecule has 20 heavy (non-hydrogen) atoms. The van der Waals surface area contributed by atoms with Gasteiger partial charge in [-0.2, -0.15) is 0 Å². The predicted molar refractivity (Wildman–Crippen MR) is 75.0 cm³/mol. The number of hydrogen-bond donors (Lipinski definition) is 1. The standard InChI is InChI=1S/C12H14ClN5O2/c1-3-9(14)10-6-17(16-15-10)11-5-8(13)12(18(19)20)4-7(11)2/h4-6,9H,3,14H2,1-2H3. The Bertz CT molecular complexity index is 655. The Morgan fingerprint density at radius 1 is 1.55 bits per heavy atom. The molecule has 8 heteroatoms. The Labute approximate surface area is 120 Å². The summed E-state index contributed by atoms with van der Waals surface area (Å²) in [6.45, 7) is 3.71. The Morgan fingerprint density at radius 2 is 2.25 bits per heavy atom. The van der Waals surface area contributed by atoms with Gasteiger partial charge in [0, 0.05) is 6.07 Å². The zero-order valence-electron chi connectivity index (χ0n) is 11.1. The largest absolute Gasteiger partial charge is 0.323 e. The van der Waals surface area contributed by atoms with Crippen molar-refractivity contribution in [2.45, 2.75) is 26.3 Å². The summed E-state index contributed by atoms with van der Waals surface area (Å²) in [6.07, 6.45) is 2.46. The highest BCUT2D eigenvalue weighted by molar-refractivity contribution is 6.32. The van der Waals surface area contributed by atoms with Crippen LogP contribution >= 0.6 is 11.6 Å². The van der Waals surface area contributed by atoms with Crippen LogP contribution in [0.5, 0.6) is 0 Å². The number of rotatable bonds is 4. The number of benzene rings is 1. The van der Waals surface area contributed by atoms with Gasteiger partial charge in [0.2, 0.25) is 0 Å². The summed E-state index contributed by atoms with van der Waals surface area (Å²) < 4.78 is 1.52. The molecule has 0 fully saturated rings. The molecule has 2 rings (SSSR count). The molecule has 0 aliphatic carbocycles. The minimum atomic E-state index is -0.515. The van der Waals surface area contributed by atoms with Crippen molar-refractivity contribution < 1.29 is 4.92 Å². The predicted octanol–water partition coefficient (Wildman–Crippen LogP) is 2.55. The summed E-state index contributed by atoms with van der Waals surface area (Å²) in [5, 5.41) is 18.9. The molecule has 106 valence electrons. The van der Waals surface area contributed by atoms with Crippen molar-refractivity contribution in [2.75, 3.05) is 0 Å². The third-order valence-electron chi connectivity index (χ3n) is 3.04. The molecule has 1 unspecified atom stereocenters. The Balaban J connectivity index is 2.45. The van der Waals surface area contributed by atoms with E-state index in [1.165, 1.54) is 16.8 Å². The van der Waals surface area contributed by atoms with Gasteiger partial charge in [-0.05, 0) is 25.0 Å². The summed E-state index contributed by atoms with van der Waals surface area (Å²) in [5.74, 6) is 0. The van der Waals surface area contributed by atoms with E-state index in [9.17, 15) is 10.1 Å². The smallest absolute Gasteiger partial charge is 0.288 e. The molecule has 1 aromatic carbocycles. The summed E-state index contributed by atoms with van der Waals surface area (Å²) in [5.41, 5.74) is 7.75. The number of halogens is 1. The second-order valence-corrected chi connectivity index (χ2v) is 4.86. The molecule has 0 amide bonds. The maximum Gasteiger partial charge on any atom is 0.288 e. The number of aromatic nitrogens is 3. The van der Waals surface area contributed by atoms with Crippen LogP contribution in [0.2, 0.25) is 5.02 Å². The van der Waals surface area contributed by atoms with Crippen LogP contribution in [0.1, 0.15) is 30.6 Å². The average molecular weight is 296 g/mol. The fourth-order valence-electron chi connectivity index (χ4n) is 1.82. The summed E-state index contributed by atoms with van der Waals surface area (Å²) in [4.78, 5) is 10.3. The number of nitrogens with two attached hydrogens (primary N) is 1. The lowest BCUT2D eigenvalue weighted by Crippen LogP contribution is -2.08. The lowest BCUT2D eigenvalue weighted by Gasteiger charge is -2.06. The first-order valence-corrected chi connectivity index (χ1v) is 6.44. The molecule has 1 heterocycles. The van der Waals surface area contributed by atoms with E-state index in [1.807, 2.05) is 6.92 Å². The molecular formula is C12H14ClN5O2. The minimum absolute atomic E-state index is 0.0624. The molecule has 2 N–H and O–H groups in total. The van der Waals surface area contributed by atoms with Crippen molar-refractivity contribution >= 4 is 17.3 Å². The first-order valence-electron chi connectivity index (χ1n) is 6.06. The third-order valence-corrected chi connectivity index (χ3v) is 3.34. The van der Waals surface area contributed by atoms with Crippen LogP contribution in [-0.4, -0.2) is 19.9 Å². The zero-order valence-corrected chi connectivity index (χ0v) is 11.8. The van der Waals surface area contributed by atoms with Crippen LogP contribution in [0.4, 0.5) is 5.69 Å². The van der Waals surface area contributed by atoms with E-state index < -0.39 is 4.92 Å². The summed E-state index contributed by atoms with van der Waals surface area (Å²) >= 11 is 5.92. The molecule has 0 bridgehead atoms. The van der Waals surface area contributed by atoms with Crippen molar-refractivity contribution in [3.8, 4) is 5.69 Å². The first-order chi connectivity index (χ1) is 9.43. The molecule has 1 aromatic heterocycles. The zero-order chi connectivity index (χ0) is 14.9. The van der Waals surface area contributed by atoms with Crippen LogP contribution in [0.25, 0.3) is 5.69 Å². The fourth-order valence-corrected chi connectivity index (χ4v) is 2.04. The maximum absolute atomic E-state index is 10.8. The van der Waals surface area contributed by atoms with Gasteiger partial charge < -0.3 is 5.73 Å². The molecule has 1 atom stereocenters. The van der Waals surface area contributed by atoms with E-state index in [-0.39, 0.29) is 16.8 Å². The van der Waals surface area contributed by atoms with Gasteiger partial charge in [-0.15, -0.1) is 5.10 Å². The van der Waals surface area contributed by atoms with E-state index >= 15 is 0 Å². The second-order valence-electron chi connectivity index (χ2n) is 4.45. The number of aryl methyl sites for hydroxylation is 1. The van der Waals surface area contributed by atoms with Crippen LogP contribution in [-0.2, 0) is 0 Å². The van der Waals surface area contributed by atoms with Gasteiger partial charge in [-0.3, -0.25) is 10.1 Å². The van der Waals surface area contributed by atoms with Gasteiger partial charge in [0.25, 0.3) is 5.69 Å². The van der Waals surface area contributed by atoms with Gasteiger partial charge in [-0.1, -0.05) is 23.7 Å². The van der Waals surface area contributed by atoms with Gasteiger partial charge in [0.15, 0.2) is 0 Å². The van der Waals surface area contributed by atoms with Gasteiger partial charge >= 0.3 is 0 Å². The third kappa shape index (κ3) is 2.63. The molecule has 0 saturated heterocycles. The first kappa shape index (κ1) is 14.4. The molecule has 7 nitrogen and oxygen atoms in total. The van der Waals surface area contributed by atoms with Crippen molar-refractivity contribution in [1.29, 1.82) is 0 Å². The van der Waals surface area contributed by atoms with Gasteiger partial charge in [0.05, 0.1) is 28.5 Å². The molecule has 0 spiro atoms. The van der Waals surface area contributed by atoms with E-state index in [0.29, 0.717) is 16.9 Å². The van der Waals surface area contributed by atoms with E-state index in [0.717, 1.165) is 6.42 Å². The lowest BCUT2D eigenvalue weighted by molar-refractivity contribution is -0.384. The van der Waals surface area contributed by atoms with Crippen molar-refractivity contribution in [3.63, 3.8) is 0 Å². The van der Waals surface area contributed by atoms with E-state index in [2.05, 4.69) is 10.3 Å². The van der Waals surface area contributed by atoms with Crippen molar-refractivity contribution in [3.05, 3.63) is 44.7 Å². The highest BCUT2D eigenvalue weighted by atomic mass is 35.5. The number of nitro groups is 1. The van der Waals surface area contributed by atoms with Crippen molar-refractivity contribution in [2.24, 2.45) is 5.73 Å². The van der Waals surface area contributed by atoms with Gasteiger partial charge in [0.1, 0.15) is 5.02 Å². The number of hydrogen-bond acceptors (Lipinski definition) is 5. The monoisotopic (exact) mass is 295 g/mol. The molecule has 0 saturated carbocycles.